The molecule has 2 amide bonds. The van der Waals surface area contributed by atoms with Crippen molar-refractivity contribution in [2.75, 3.05) is 19.6 Å². The summed E-state index contributed by atoms with van der Waals surface area (Å²) < 4.78 is 26.5. The Morgan fingerprint density at radius 1 is 1.35 bits per heavy atom. The number of hydrogen-bond acceptors (Lipinski definition) is 4. The lowest BCUT2D eigenvalue weighted by Crippen LogP contribution is -2.49. The SMILES string of the molecule is CCNS(=O)(=O)c1cccc(CNC(=O)N2CCC(C)C(C(=O)O)C2)c1. The molecule has 1 saturated heterocycles. The summed E-state index contributed by atoms with van der Waals surface area (Å²) in [5.41, 5.74) is 0.650. The van der Waals surface area contributed by atoms with Crippen LogP contribution < -0.4 is 10.0 Å². The zero-order valence-electron chi connectivity index (χ0n) is 14.9. The summed E-state index contributed by atoms with van der Waals surface area (Å²) in [7, 11) is -3.55. The van der Waals surface area contributed by atoms with Gasteiger partial charge in [-0.2, -0.15) is 0 Å². The van der Waals surface area contributed by atoms with Crippen molar-refractivity contribution in [2.24, 2.45) is 11.8 Å². The van der Waals surface area contributed by atoms with Gasteiger partial charge in [-0.25, -0.2) is 17.9 Å². The molecule has 2 rings (SSSR count). The molecule has 0 aliphatic carbocycles. The Balaban J connectivity index is 1.98. The van der Waals surface area contributed by atoms with Crippen LogP contribution in [0.25, 0.3) is 0 Å². The molecular weight excluding hydrogens is 358 g/mol. The molecule has 0 saturated carbocycles. The van der Waals surface area contributed by atoms with Gasteiger partial charge in [0.15, 0.2) is 0 Å². The van der Waals surface area contributed by atoms with Crippen molar-refractivity contribution in [3.05, 3.63) is 29.8 Å². The Kier molecular flexibility index (Phi) is 6.60. The maximum Gasteiger partial charge on any atom is 0.317 e. The van der Waals surface area contributed by atoms with E-state index in [1.54, 1.807) is 19.1 Å². The van der Waals surface area contributed by atoms with E-state index < -0.39 is 21.9 Å². The van der Waals surface area contributed by atoms with Gasteiger partial charge < -0.3 is 15.3 Å². The molecule has 1 aliphatic rings. The van der Waals surface area contributed by atoms with Gasteiger partial charge in [0.2, 0.25) is 10.0 Å². The molecule has 0 radical (unpaired) electrons. The minimum Gasteiger partial charge on any atom is -0.481 e. The van der Waals surface area contributed by atoms with Crippen molar-refractivity contribution in [1.29, 1.82) is 0 Å². The summed E-state index contributed by atoms with van der Waals surface area (Å²) in [5.74, 6) is -1.43. The summed E-state index contributed by atoms with van der Waals surface area (Å²) in [6.45, 7) is 4.72. The number of amides is 2. The Morgan fingerprint density at radius 2 is 2.08 bits per heavy atom. The fourth-order valence-corrected chi connectivity index (χ4v) is 4.07. The fraction of sp³-hybridized carbons (Fsp3) is 0.529. The molecule has 1 aromatic rings. The van der Waals surface area contributed by atoms with E-state index in [1.165, 1.54) is 17.0 Å². The first-order valence-corrected chi connectivity index (χ1v) is 10.1. The average Bonchev–Trinajstić information content (AvgIpc) is 2.60. The molecule has 8 nitrogen and oxygen atoms in total. The minimum absolute atomic E-state index is 0.0319. The molecule has 2 unspecified atom stereocenters. The topological polar surface area (TPSA) is 116 Å². The predicted octanol–water partition coefficient (Wildman–Crippen LogP) is 1.24. The number of nitrogens with one attached hydrogen (secondary N) is 2. The number of likely N-dealkylation sites (tertiary alicyclic amines) is 1. The van der Waals surface area contributed by atoms with Crippen molar-refractivity contribution in [1.82, 2.24) is 14.9 Å². The van der Waals surface area contributed by atoms with Crippen molar-refractivity contribution in [2.45, 2.75) is 31.7 Å². The van der Waals surface area contributed by atoms with Crippen molar-refractivity contribution in [3.8, 4) is 0 Å². The summed E-state index contributed by atoms with van der Waals surface area (Å²) >= 11 is 0. The van der Waals surface area contributed by atoms with Crippen LogP contribution in [0.3, 0.4) is 0 Å². The largest absolute Gasteiger partial charge is 0.481 e. The summed E-state index contributed by atoms with van der Waals surface area (Å²) in [6.07, 6.45) is 0.640. The quantitative estimate of drug-likeness (QED) is 0.683. The number of aliphatic carboxylic acids is 1. The second-order valence-corrected chi connectivity index (χ2v) is 8.23. The van der Waals surface area contributed by atoms with E-state index in [0.717, 1.165) is 0 Å². The second-order valence-electron chi connectivity index (χ2n) is 6.46. The van der Waals surface area contributed by atoms with Crippen LogP contribution >= 0.6 is 0 Å². The molecule has 0 spiro atoms. The fourth-order valence-electron chi connectivity index (χ4n) is 2.96. The van der Waals surface area contributed by atoms with E-state index in [4.69, 9.17) is 0 Å². The summed E-state index contributed by atoms with van der Waals surface area (Å²) in [4.78, 5) is 25.2. The molecule has 1 aromatic carbocycles. The first-order chi connectivity index (χ1) is 12.2. The lowest BCUT2D eigenvalue weighted by molar-refractivity contribution is -0.145. The number of carboxylic acid groups (broad SMARTS) is 1. The second kappa shape index (κ2) is 8.50. The first kappa shape index (κ1) is 20.2. The van der Waals surface area contributed by atoms with E-state index in [2.05, 4.69) is 10.0 Å². The van der Waals surface area contributed by atoms with Crippen LogP contribution in [-0.2, 0) is 21.4 Å². The maximum atomic E-state index is 12.3. The Labute approximate surface area is 153 Å². The summed E-state index contributed by atoms with van der Waals surface area (Å²) in [6, 6.07) is 6.00. The number of sulfonamides is 1. The normalized spacial score (nSPS) is 20.6. The van der Waals surface area contributed by atoms with Crippen LogP contribution in [-0.4, -0.2) is 50.1 Å². The highest BCUT2D eigenvalue weighted by Crippen LogP contribution is 2.23. The number of benzene rings is 1. The Bertz CT molecular complexity index is 765. The van der Waals surface area contributed by atoms with E-state index in [9.17, 15) is 23.1 Å². The monoisotopic (exact) mass is 383 g/mol. The van der Waals surface area contributed by atoms with Crippen LogP contribution in [0.4, 0.5) is 4.79 Å². The van der Waals surface area contributed by atoms with E-state index in [-0.39, 0.29) is 29.9 Å². The number of carbonyl (C=O) groups is 2. The highest BCUT2D eigenvalue weighted by molar-refractivity contribution is 7.89. The molecule has 0 aromatic heterocycles. The van der Waals surface area contributed by atoms with Gasteiger partial charge in [-0.1, -0.05) is 26.0 Å². The van der Waals surface area contributed by atoms with Crippen LogP contribution in [0.2, 0.25) is 0 Å². The van der Waals surface area contributed by atoms with Crippen LogP contribution in [0.1, 0.15) is 25.8 Å². The van der Waals surface area contributed by atoms with Gasteiger partial charge in [0, 0.05) is 26.2 Å². The van der Waals surface area contributed by atoms with Gasteiger partial charge in [-0.3, -0.25) is 4.79 Å². The predicted molar refractivity (Wildman–Crippen MR) is 96.0 cm³/mol. The number of hydrogen-bond donors (Lipinski definition) is 3. The van der Waals surface area contributed by atoms with Gasteiger partial charge in [-0.15, -0.1) is 0 Å². The number of piperidine rings is 1. The smallest absolute Gasteiger partial charge is 0.317 e. The van der Waals surface area contributed by atoms with E-state index in [0.29, 0.717) is 25.1 Å². The Hall–Kier alpha value is -2.13. The van der Waals surface area contributed by atoms with Crippen LogP contribution in [0.15, 0.2) is 29.2 Å². The zero-order chi connectivity index (χ0) is 19.3. The molecule has 3 N–H and O–H groups in total. The molecular formula is C17H25N3O5S. The zero-order valence-corrected chi connectivity index (χ0v) is 15.8. The lowest BCUT2D eigenvalue weighted by Gasteiger charge is -2.34. The lowest BCUT2D eigenvalue weighted by atomic mass is 9.87. The number of rotatable bonds is 6. The standard InChI is InChI=1S/C17H25N3O5S/c1-3-19-26(24,25)14-6-4-5-13(9-14)10-18-17(23)20-8-7-12(2)15(11-20)16(21)22/h4-6,9,12,15,19H,3,7-8,10-11H2,1-2H3,(H,18,23)(H,21,22). The van der Waals surface area contributed by atoms with Gasteiger partial charge in [0.05, 0.1) is 10.8 Å². The van der Waals surface area contributed by atoms with Gasteiger partial charge in [0.25, 0.3) is 0 Å². The summed E-state index contributed by atoms with van der Waals surface area (Å²) in [5, 5.41) is 12.0. The molecule has 1 heterocycles. The third-order valence-corrected chi connectivity index (χ3v) is 6.09. The van der Waals surface area contributed by atoms with Crippen molar-refractivity contribution < 1.29 is 23.1 Å². The van der Waals surface area contributed by atoms with Gasteiger partial charge >= 0.3 is 12.0 Å². The van der Waals surface area contributed by atoms with E-state index in [1.807, 2.05) is 6.92 Å². The van der Waals surface area contributed by atoms with Crippen LogP contribution in [0.5, 0.6) is 0 Å². The third-order valence-electron chi connectivity index (χ3n) is 4.55. The third kappa shape index (κ3) is 4.95. The molecule has 0 bridgehead atoms. The number of carbonyl (C=O) groups excluding carboxylic acids is 1. The average molecular weight is 383 g/mol. The minimum atomic E-state index is -3.55. The Morgan fingerprint density at radius 3 is 2.73 bits per heavy atom. The van der Waals surface area contributed by atoms with Gasteiger partial charge in [-0.05, 0) is 30.0 Å². The maximum absolute atomic E-state index is 12.3. The molecule has 2 atom stereocenters. The number of nitrogens with zero attached hydrogens (tertiary/aromatic N) is 1. The molecule has 26 heavy (non-hydrogen) atoms. The first-order valence-electron chi connectivity index (χ1n) is 8.58. The molecule has 9 heteroatoms. The van der Waals surface area contributed by atoms with Crippen molar-refractivity contribution in [3.63, 3.8) is 0 Å². The highest BCUT2D eigenvalue weighted by atomic mass is 32.2. The molecule has 144 valence electrons. The number of carboxylic acids is 1. The molecule has 1 aliphatic heterocycles. The highest BCUT2D eigenvalue weighted by Gasteiger charge is 2.33. The van der Waals surface area contributed by atoms with E-state index >= 15 is 0 Å². The molecule has 1 fully saturated rings. The van der Waals surface area contributed by atoms with Crippen molar-refractivity contribution >= 4 is 22.0 Å². The number of urea groups is 1. The van der Waals surface area contributed by atoms with Crippen LogP contribution in [0, 0.1) is 11.8 Å². The van der Waals surface area contributed by atoms with Gasteiger partial charge in [0.1, 0.15) is 0 Å².